The molecule has 0 amide bonds. The van der Waals surface area contributed by atoms with Gasteiger partial charge in [0.25, 0.3) is 0 Å². The van der Waals surface area contributed by atoms with Crippen LogP contribution in [0.3, 0.4) is 0 Å². The summed E-state index contributed by atoms with van der Waals surface area (Å²) in [6.07, 6.45) is 4.54. The molecule has 0 saturated heterocycles. The Morgan fingerprint density at radius 2 is 0.952 bits per heavy atom. The minimum absolute atomic E-state index is 0.150. The summed E-state index contributed by atoms with van der Waals surface area (Å²) in [5, 5.41) is 0. The molecule has 1 saturated carbocycles. The van der Waals surface area contributed by atoms with Crippen LogP contribution in [0.15, 0.2) is 97.1 Å². The van der Waals surface area contributed by atoms with Gasteiger partial charge in [0, 0.05) is 23.5 Å². The summed E-state index contributed by atoms with van der Waals surface area (Å²) >= 11 is 0. The van der Waals surface area contributed by atoms with Crippen LogP contribution in [0, 0.1) is 0 Å². The van der Waals surface area contributed by atoms with E-state index in [0.717, 1.165) is 31.2 Å². The predicted octanol–water partition coefficient (Wildman–Crippen LogP) is 7.68. The molecule has 0 bridgehead atoms. The van der Waals surface area contributed by atoms with Crippen molar-refractivity contribution in [3.63, 3.8) is 0 Å². The molecule has 1 fully saturated rings. The average molecular weight is 565 g/mol. The number of hydrogen-bond acceptors (Lipinski definition) is 7. The molecule has 4 aromatic rings. The van der Waals surface area contributed by atoms with Gasteiger partial charge in [-0.1, -0.05) is 43.5 Å². The SMILES string of the molecule is COc1ccc(C(=O)c2ccc(OC(=O)Oc3ccc(C4(c5ccc(OC(C)=O)cc5)CCCCC4)cc3)cc2)cc1. The zero-order valence-electron chi connectivity index (χ0n) is 23.6. The lowest BCUT2D eigenvalue weighted by molar-refractivity contribution is -0.131. The summed E-state index contributed by atoms with van der Waals surface area (Å²) in [6, 6.07) is 28.4. The standard InChI is InChI=1S/C35H32O7/c1-24(36)40-30-18-10-27(11-19-30)35(22-4-3-5-23-35)28-12-20-32(21-13-28)42-34(38)41-31-16-8-26(9-17-31)33(37)25-6-14-29(39-2)15-7-25/h6-21H,3-5,22-23H2,1-2H3. The fraction of sp³-hybridized carbons (Fsp3) is 0.229. The molecule has 0 spiro atoms. The van der Waals surface area contributed by atoms with Crippen molar-refractivity contribution in [2.75, 3.05) is 7.11 Å². The Bertz CT molecular complexity index is 1530. The highest BCUT2D eigenvalue weighted by atomic mass is 16.7. The first kappa shape index (κ1) is 28.6. The number of methoxy groups -OCH3 is 1. The van der Waals surface area contributed by atoms with E-state index in [4.69, 9.17) is 18.9 Å². The zero-order valence-corrected chi connectivity index (χ0v) is 23.6. The maximum atomic E-state index is 12.7. The van der Waals surface area contributed by atoms with E-state index in [0.29, 0.717) is 28.4 Å². The summed E-state index contributed by atoms with van der Waals surface area (Å²) in [5.41, 5.74) is 3.13. The van der Waals surface area contributed by atoms with E-state index >= 15 is 0 Å². The fourth-order valence-electron chi connectivity index (χ4n) is 5.55. The van der Waals surface area contributed by atoms with Crippen molar-refractivity contribution in [1.82, 2.24) is 0 Å². The van der Waals surface area contributed by atoms with Crippen molar-refractivity contribution >= 4 is 17.9 Å². The van der Waals surface area contributed by atoms with Gasteiger partial charge in [-0.2, -0.15) is 0 Å². The first-order valence-corrected chi connectivity index (χ1v) is 13.9. The van der Waals surface area contributed by atoms with Gasteiger partial charge in [-0.05, 0) is 96.8 Å². The summed E-state index contributed by atoms with van der Waals surface area (Å²) in [4.78, 5) is 36.6. The van der Waals surface area contributed by atoms with Crippen molar-refractivity contribution in [2.24, 2.45) is 0 Å². The first-order chi connectivity index (χ1) is 20.4. The third-order valence-electron chi connectivity index (χ3n) is 7.65. The van der Waals surface area contributed by atoms with Crippen LogP contribution in [-0.2, 0) is 10.2 Å². The summed E-state index contributed by atoms with van der Waals surface area (Å²) in [7, 11) is 1.57. The van der Waals surface area contributed by atoms with Crippen LogP contribution in [0.25, 0.3) is 0 Å². The van der Waals surface area contributed by atoms with Crippen molar-refractivity contribution in [1.29, 1.82) is 0 Å². The molecule has 7 heteroatoms. The van der Waals surface area contributed by atoms with Crippen LogP contribution < -0.4 is 18.9 Å². The molecule has 0 radical (unpaired) electrons. The van der Waals surface area contributed by atoms with Crippen molar-refractivity contribution in [2.45, 2.75) is 44.4 Å². The summed E-state index contributed by atoms with van der Waals surface area (Å²) < 4.78 is 21.1. The van der Waals surface area contributed by atoms with Gasteiger partial charge in [-0.15, -0.1) is 0 Å². The van der Waals surface area contributed by atoms with Crippen LogP contribution in [0.5, 0.6) is 23.0 Å². The molecule has 214 valence electrons. The van der Waals surface area contributed by atoms with E-state index in [-0.39, 0.29) is 22.9 Å². The van der Waals surface area contributed by atoms with Gasteiger partial charge in [0.05, 0.1) is 7.11 Å². The van der Waals surface area contributed by atoms with Crippen LogP contribution in [0.2, 0.25) is 0 Å². The van der Waals surface area contributed by atoms with Crippen LogP contribution >= 0.6 is 0 Å². The van der Waals surface area contributed by atoms with Crippen molar-refractivity contribution in [3.05, 3.63) is 119 Å². The van der Waals surface area contributed by atoms with Gasteiger partial charge in [-0.25, -0.2) is 4.79 Å². The molecule has 1 aliphatic rings. The molecule has 0 aromatic heterocycles. The smallest absolute Gasteiger partial charge is 0.497 e. The number of carbonyl (C=O) groups is 3. The Morgan fingerprint density at radius 3 is 1.38 bits per heavy atom. The molecule has 5 rings (SSSR count). The molecule has 1 aliphatic carbocycles. The van der Waals surface area contributed by atoms with Crippen LogP contribution in [0.4, 0.5) is 4.79 Å². The van der Waals surface area contributed by atoms with E-state index in [1.807, 2.05) is 36.4 Å². The fourth-order valence-corrected chi connectivity index (χ4v) is 5.55. The maximum absolute atomic E-state index is 12.7. The molecular weight excluding hydrogens is 532 g/mol. The minimum Gasteiger partial charge on any atom is -0.497 e. The molecule has 42 heavy (non-hydrogen) atoms. The van der Waals surface area contributed by atoms with Gasteiger partial charge < -0.3 is 18.9 Å². The highest BCUT2D eigenvalue weighted by molar-refractivity contribution is 6.09. The number of ether oxygens (including phenoxy) is 4. The highest BCUT2D eigenvalue weighted by Crippen LogP contribution is 2.45. The topological polar surface area (TPSA) is 88.1 Å². The number of esters is 1. The Morgan fingerprint density at radius 1 is 0.548 bits per heavy atom. The normalized spacial score (nSPS) is 14.0. The third kappa shape index (κ3) is 6.52. The molecule has 0 aliphatic heterocycles. The monoisotopic (exact) mass is 564 g/mol. The van der Waals surface area contributed by atoms with Crippen LogP contribution in [-0.4, -0.2) is 25.0 Å². The second kappa shape index (κ2) is 12.7. The predicted molar refractivity (Wildman–Crippen MR) is 158 cm³/mol. The number of benzene rings is 4. The maximum Gasteiger partial charge on any atom is 0.519 e. The molecule has 0 N–H and O–H groups in total. The van der Waals surface area contributed by atoms with Crippen LogP contribution in [0.1, 0.15) is 66.1 Å². The lowest BCUT2D eigenvalue weighted by atomic mass is 9.65. The Kier molecular flexibility index (Phi) is 8.67. The Labute approximate surface area is 245 Å². The van der Waals surface area contributed by atoms with E-state index in [2.05, 4.69) is 0 Å². The van der Waals surface area contributed by atoms with E-state index in [9.17, 15) is 14.4 Å². The van der Waals surface area contributed by atoms with E-state index < -0.39 is 6.16 Å². The van der Waals surface area contributed by atoms with Crippen molar-refractivity contribution in [3.8, 4) is 23.0 Å². The highest BCUT2D eigenvalue weighted by Gasteiger charge is 2.35. The van der Waals surface area contributed by atoms with Gasteiger partial charge in [0.15, 0.2) is 5.78 Å². The second-order valence-electron chi connectivity index (χ2n) is 10.3. The molecular formula is C35H32O7. The zero-order chi connectivity index (χ0) is 29.5. The number of ketones is 1. The van der Waals surface area contributed by atoms with Gasteiger partial charge in [-0.3, -0.25) is 9.59 Å². The van der Waals surface area contributed by atoms with Crippen molar-refractivity contribution < 1.29 is 33.3 Å². The third-order valence-corrected chi connectivity index (χ3v) is 7.65. The quantitative estimate of drug-likeness (QED) is 0.0939. The van der Waals surface area contributed by atoms with Gasteiger partial charge >= 0.3 is 12.1 Å². The largest absolute Gasteiger partial charge is 0.519 e. The molecule has 0 atom stereocenters. The molecule has 0 unspecified atom stereocenters. The Hall–Kier alpha value is -4.91. The minimum atomic E-state index is -0.870. The number of carbonyl (C=O) groups excluding carboxylic acids is 3. The molecule has 4 aromatic carbocycles. The second-order valence-corrected chi connectivity index (χ2v) is 10.3. The molecule has 7 nitrogen and oxygen atoms in total. The number of hydrogen-bond donors (Lipinski definition) is 0. The van der Waals surface area contributed by atoms with Gasteiger partial charge in [0.1, 0.15) is 23.0 Å². The van der Waals surface area contributed by atoms with Gasteiger partial charge in [0.2, 0.25) is 0 Å². The Balaban J connectivity index is 1.23. The number of rotatable bonds is 8. The molecule has 0 heterocycles. The first-order valence-electron chi connectivity index (χ1n) is 13.9. The summed E-state index contributed by atoms with van der Waals surface area (Å²) in [5.74, 6) is 1.33. The van der Waals surface area contributed by atoms with E-state index in [1.54, 1.807) is 67.8 Å². The lowest BCUT2D eigenvalue weighted by Gasteiger charge is -2.38. The lowest BCUT2D eigenvalue weighted by Crippen LogP contribution is -2.30. The summed E-state index contributed by atoms with van der Waals surface area (Å²) in [6.45, 7) is 1.39. The van der Waals surface area contributed by atoms with E-state index in [1.165, 1.54) is 18.9 Å². The average Bonchev–Trinajstić information content (AvgIpc) is 3.02.